The fourth-order valence-electron chi connectivity index (χ4n) is 3.28. The van der Waals surface area contributed by atoms with Crippen LogP contribution >= 0.6 is 11.6 Å². The summed E-state index contributed by atoms with van der Waals surface area (Å²) in [4.78, 5) is 18.7. The van der Waals surface area contributed by atoms with Gasteiger partial charge in [-0.2, -0.15) is 0 Å². The molecule has 1 amide bonds. The number of benzene rings is 1. The lowest BCUT2D eigenvalue weighted by Gasteiger charge is -2.31. The third-order valence-electron chi connectivity index (χ3n) is 4.71. The van der Waals surface area contributed by atoms with Crippen LogP contribution in [0.25, 0.3) is 0 Å². The van der Waals surface area contributed by atoms with Crippen LogP contribution in [0.4, 0.5) is 0 Å². The fraction of sp³-hybridized carbons (Fsp3) is 0.474. The standard InChI is InChI=1S/C19H25ClN4O/c20-18-4-1-3-16(13-18)14-23-10-5-17(6-11-23)19(25)22-7-2-9-24-12-8-21-15-24/h1,3-4,8,12-13,15,17H,2,5-7,9-11,14H2,(H,22,25). The molecule has 0 radical (unpaired) electrons. The molecule has 6 heteroatoms. The Labute approximate surface area is 154 Å². The van der Waals surface area contributed by atoms with Crippen LogP contribution in [0.15, 0.2) is 43.0 Å². The van der Waals surface area contributed by atoms with Crippen LogP contribution in [0.2, 0.25) is 5.02 Å². The quantitative estimate of drug-likeness (QED) is 0.772. The third-order valence-corrected chi connectivity index (χ3v) is 4.94. The number of amides is 1. The van der Waals surface area contributed by atoms with Crippen molar-refractivity contribution in [2.45, 2.75) is 32.4 Å². The molecule has 1 N–H and O–H groups in total. The molecular formula is C19H25ClN4O. The summed E-state index contributed by atoms with van der Waals surface area (Å²) in [6.45, 7) is 4.43. The lowest BCUT2D eigenvalue weighted by Crippen LogP contribution is -2.40. The van der Waals surface area contributed by atoms with Crippen LogP contribution in [0.3, 0.4) is 0 Å². The van der Waals surface area contributed by atoms with Crippen molar-refractivity contribution in [3.63, 3.8) is 0 Å². The average Bonchev–Trinajstić information content (AvgIpc) is 3.13. The van der Waals surface area contributed by atoms with Gasteiger partial charge >= 0.3 is 0 Å². The number of carbonyl (C=O) groups is 1. The summed E-state index contributed by atoms with van der Waals surface area (Å²) in [5.41, 5.74) is 1.23. The van der Waals surface area contributed by atoms with E-state index in [-0.39, 0.29) is 11.8 Å². The van der Waals surface area contributed by atoms with E-state index in [1.165, 1.54) is 5.56 Å². The van der Waals surface area contributed by atoms with Gasteiger partial charge in [-0.25, -0.2) is 4.98 Å². The van der Waals surface area contributed by atoms with Crippen LogP contribution in [0.5, 0.6) is 0 Å². The van der Waals surface area contributed by atoms with Gasteiger partial charge in [-0.05, 0) is 50.0 Å². The van der Waals surface area contributed by atoms with Crippen molar-refractivity contribution in [3.8, 4) is 0 Å². The number of piperidine rings is 1. The van der Waals surface area contributed by atoms with E-state index in [0.29, 0.717) is 0 Å². The molecule has 0 saturated carbocycles. The van der Waals surface area contributed by atoms with E-state index in [0.717, 1.165) is 57.0 Å². The molecule has 25 heavy (non-hydrogen) atoms. The summed E-state index contributed by atoms with van der Waals surface area (Å²) in [5, 5.41) is 3.86. The second-order valence-corrected chi connectivity index (χ2v) is 7.06. The van der Waals surface area contributed by atoms with Gasteiger partial charge < -0.3 is 9.88 Å². The van der Waals surface area contributed by atoms with Crippen molar-refractivity contribution >= 4 is 17.5 Å². The number of halogens is 1. The van der Waals surface area contributed by atoms with E-state index in [1.807, 2.05) is 29.0 Å². The Balaban J connectivity index is 1.34. The van der Waals surface area contributed by atoms with Gasteiger partial charge in [-0.3, -0.25) is 9.69 Å². The zero-order valence-electron chi connectivity index (χ0n) is 14.4. The molecular weight excluding hydrogens is 336 g/mol. The van der Waals surface area contributed by atoms with Gasteiger partial charge in [0.2, 0.25) is 5.91 Å². The van der Waals surface area contributed by atoms with Gasteiger partial charge in [0.25, 0.3) is 0 Å². The monoisotopic (exact) mass is 360 g/mol. The molecule has 1 aliphatic heterocycles. The summed E-state index contributed by atoms with van der Waals surface area (Å²) in [5.74, 6) is 0.344. The first-order chi connectivity index (χ1) is 12.2. The largest absolute Gasteiger partial charge is 0.356 e. The Kier molecular flexibility index (Phi) is 6.48. The van der Waals surface area contributed by atoms with Crippen LogP contribution in [0, 0.1) is 5.92 Å². The highest BCUT2D eigenvalue weighted by Gasteiger charge is 2.24. The lowest BCUT2D eigenvalue weighted by atomic mass is 9.95. The Bertz CT molecular complexity index is 666. The predicted molar refractivity (Wildman–Crippen MR) is 99.3 cm³/mol. The molecule has 0 aliphatic carbocycles. The van der Waals surface area contributed by atoms with Crippen molar-refractivity contribution in [3.05, 3.63) is 53.6 Å². The lowest BCUT2D eigenvalue weighted by molar-refractivity contribution is -0.126. The first kappa shape index (κ1) is 18.0. The number of nitrogens with zero attached hydrogens (tertiary/aromatic N) is 3. The van der Waals surface area contributed by atoms with Gasteiger partial charge in [0.15, 0.2) is 0 Å². The number of nitrogens with one attached hydrogen (secondary N) is 1. The summed E-state index contributed by atoms with van der Waals surface area (Å²) < 4.78 is 2.03. The molecule has 134 valence electrons. The summed E-state index contributed by atoms with van der Waals surface area (Å²) >= 11 is 6.04. The number of hydrogen-bond donors (Lipinski definition) is 1. The normalized spacial score (nSPS) is 16.0. The number of carbonyl (C=O) groups excluding carboxylic acids is 1. The molecule has 0 unspecified atom stereocenters. The smallest absolute Gasteiger partial charge is 0.223 e. The Morgan fingerprint density at radius 3 is 2.88 bits per heavy atom. The SMILES string of the molecule is O=C(NCCCn1ccnc1)C1CCN(Cc2cccc(Cl)c2)CC1. The number of likely N-dealkylation sites (tertiary alicyclic amines) is 1. The highest BCUT2D eigenvalue weighted by Crippen LogP contribution is 2.20. The zero-order valence-corrected chi connectivity index (χ0v) is 15.2. The van der Waals surface area contributed by atoms with Gasteiger partial charge in [-0.1, -0.05) is 23.7 Å². The molecule has 5 nitrogen and oxygen atoms in total. The van der Waals surface area contributed by atoms with Gasteiger partial charge in [0, 0.05) is 43.0 Å². The second-order valence-electron chi connectivity index (χ2n) is 6.63. The molecule has 3 rings (SSSR count). The molecule has 0 bridgehead atoms. The van der Waals surface area contributed by atoms with Crippen molar-refractivity contribution in [1.29, 1.82) is 0 Å². The summed E-state index contributed by atoms with van der Waals surface area (Å²) in [6.07, 6.45) is 8.29. The minimum atomic E-state index is 0.142. The number of aromatic nitrogens is 2. The van der Waals surface area contributed by atoms with Crippen molar-refractivity contribution in [2.75, 3.05) is 19.6 Å². The van der Waals surface area contributed by atoms with Crippen LogP contribution in [-0.4, -0.2) is 40.0 Å². The Morgan fingerprint density at radius 1 is 1.32 bits per heavy atom. The maximum absolute atomic E-state index is 12.3. The van der Waals surface area contributed by atoms with Crippen LogP contribution < -0.4 is 5.32 Å². The molecule has 2 aromatic rings. The van der Waals surface area contributed by atoms with Crippen LogP contribution in [-0.2, 0) is 17.9 Å². The highest BCUT2D eigenvalue weighted by atomic mass is 35.5. The van der Waals surface area contributed by atoms with Crippen LogP contribution in [0.1, 0.15) is 24.8 Å². The topological polar surface area (TPSA) is 50.2 Å². The van der Waals surface area contributed by atoms with Crippen molar-refractivity contribution in [1.82, 2.24) is 19.8 Å². The first-order valence-corrected chi connectivity index (χ1v) is 9.29. The van der Waals surface area contributed by atoms with E-state index in [2.05, 4.69) is 21.3 Å². The zero-order chi connectivity index (χ0) is 17.5. The molecule has 1 aromatic heterocycles. The maximum atomic E-state index is 12.3. The number of aryl methyl sites for hydroxylation is 1. The first-order valence-electron chi connectivity index (χ1n) is 8.91. The predicted octanol–water partition coefficient (Wildman–Crippen LogP) is 2.96. The van der Waals surface area contributed by atoms with Gasteiger partial charge in [0.05, 0.1) is 6.33 Å². The minimum Gasteiger partial charge on any atom is -0.356 e. The molecule has 1 aromatic carbocycles. The number of imidazole rings is 1. The minimum absolute atomic E-state index is 0.142. The Morgan fingerprint density at radius 2 is 2.16 bits per heavy atom. The van der Waals surface area contributed by atoms with E-state index in [4.69, 9.17) is 11.6 Å². The van der Waals surface area contributed by atoms with E-state index in [1.54, 1.807) is 12.5 Å². The molecule has 2 heterocycles. The van der Waals surface area contributed by atoms with E-state index in [9.17, 15) is 4.79 Å². The highest BCUT2D eigenvalue weighted by molar-refractivity contribution is 6.30. The van der Waals surface area contributed by atoms with E-state index >= 15 is 0 Å². The number of hydrogen-bond acceptors (Lipinski definition) is 3. The summed E-state index contributed by atoms with van der Waals surface area (Å²) in [6, 6.07) is 8.00. The van der Waals surface area contributed by atoms with Crippen molar-refractivity contribution < 1.29 is 4.79 Å². The molecule has 0 atom stereocenters. The third kappa shape index (κ3) is 5.58. The molecule has 0 spiro atoms. The van der Waals surface area contributed by atoms with Gasteiger partial charge in [-0.15, -0.1) is 0 Å². The average molecular weight is 361 g/mol. The van der Waals surface area contributed by atoms with Gasteiger partial charge in [0.1, 0.15) is 0 Å². The number of rotatable bonds is 7. The summed E-state index contributed by atoms with van der Waals surface area (Å²) in [7, 11) is 0. The molecule has 1 aliphatic rings. The maximum Gasteiger partial charge on any atom is 0.223 e. The molecule has 1 saturated heterocycles. The Hall–Kier alpha value is -1.85. The fourth-order valence-corrected chi connectivity index (χ4v) is 3.50. The van der Waals surface area contributed by atoms with Crippen molar-refractivity contribution in [2.24, 2.45) is 5.92 Å². The second kappa shape index (κ2) is 9.02. The molecule has 1 fully saturated rings. The van der Waals surface area contributed by atoms with E-state index < -0.39 is 0 Å².